The number of methoxy groups -OCH3 is 1. The van der Waals surface area contributed by atoms with Crippen molar-refractivity contribution < 1.29 is 18.7 Å². The average molecular weight is 469 g/mol. The lowest BCUT2D eigenvalue weighted by atomic mass is 9.83. The second kappa shape index (κ2) is 10.2. The molecule has 1 N–H and O–H groups in total. The van der Waals surface area contributed by atoms with Gasteiger partial charge in [0.25, 0.3) is 0 Å². The van der Waals surface area contributed by atoms with Crippen LogP contribution < -0.4 is 19.9 Å². The van der Waals surface area contributed by atoms with Crippen molar-refractivity contribution in [2.45, 2.75) is 12.5 Å². The number of benzene rings is 2. The number of morpholine rings is 1. The summed E-state index contributed by atoms with van der Waals surface area (Å²) in [7, 11) is 1.68. The molecule has 0 bridgehead atoms. The zero-order valence-electron chi connectivity index (χ0n) is 19.7. The maximum atomic E-state index is 13.5. The van der Waals surface area contributed by atoms with E-state index in [-0.39, 0.29) is 23.7 Å². The van der Waals surface area contributed by atoms with E-state index in [1.54, 1.807) is 7.11 Å². The Morgan fingerprint density at radius 2 is 1.91 bits per heavy atom. The first-order valence-electron chi connectivity index (χ1n) is 12.1. The van der Waals surface area contributed by atoms with E-state index in [2.05, 4.69) is 32.1 Å². The van der Waals surface area contributed by atoms with Crippen LogP contribution in [-0.4, -0.2) is 83.0 Å². The van der Waals surface area contributed by atoms with Crippen LogP contribution in [0.2, 0.25) is 0 Å². The molecule has 34 heavy (non-hydrogen) atoms. The van der Waals surface area contributed by atoms with E-state index >= 15 is 0 Å². The van der Waals surface area contributed by atoms with Crippen molar-refractivity contribution in [3.05, 3.63) is 53.8 Å². The minimum Gasteiger partial charge on any atom is -0.497 e. The molecule has 0 aromatic heterocycles. The molecule has 0 aliphatic carbocycles. The van der Waals surface area contributed by atoms with Crippen LogP contribution >= 0.6 is 0 Å². The van der Waals surface area contributed by atoms with Crippen LogP contribution in [0.1, 0.15) is 5.56 Å². The molecule has 0 spiro atoms. The quantitative estimate of drug-likeness (QED) is 0.701. The number of nitrogens with one attached hydrogen (secondary N) is 1. The molecule has 0 radical (unpaired) electrons. The number of carbonyl (C=O) groups is 1. The number of hydrogen-bond donors (Lipinski definition) is 1. The molecular formula is C26H33FN4O3. The van der Waals surface area contributed by atoms with Crippen LogP contribution in [0.5, 0.6) is 5.75 Å². The molecule has 5 rings (SSSR count). The Hall–Kier alpha value is -2.84. The number of anilines is 2. The number of nitrogens with zero attached hydrogens (tertiary/aromatic N) is 3. The molecule has 8 heteroatoms. The lowest BCUT2D eigenvalue weighted by molar-refractivity contribution is -0.125. The second-order valence-electron chi connectivity index (χ2n) is 9.23. The fourth-order valence-corrected chi connectivity index (χ4v) is 5.38. The number of carbonyl (C=O) groups excluding carboxylic acids is 1. The van der Waals surface area contributed by atoms with E-state index in [9.17, 15) is 9.18 Å². The fourth-order valence-electron chi connectivity index (χ4n) is 5.38. The number of ether oxygens (including phenoxy) is 2. The van der Waals surface area contributed by atoms with Gasteiger partial charge in [-0.2, -0.15) is 0 Å². The molecule has 2 saturated heterocycles. The summed E-state index contributed by atoms with van der Waals surface area (Å²) in [6.07, 6.45) is 0.696. The molecule has 2 atom stereocenters. The number of piperazine rings is 1. The van der Waals surface area contributed by atoms with Gasteiger partial charge in [-0.25, -0.2) is 4.39 Å². The van der Waals surface area contributed by atoms with Gasteiger partial charge in [0.05, 0.1) is 32.3 Å². The summed E-state index contributed by atoms with van der Waals surface area (Å²) in [5, 5.41) is 3.21. The van der Waals surface area contributed by atoms with Crippen LogP contribution in [0, 0.1) is 11.7 Å². The minimum absolute atomic E-state index is 0.0294. The van der Waals surface area contributed by atoms with Gasteiger partial charge < -0.3 is 24.6 Å². The van der Waals surface area contributed by atoms with Gasteiger partial charge in [0.1, 0.15) is 11.6 Å². The fraction of sp³-hybridized carbons (Fsp3) is 0.500. The van der Waals surface area contributed by atoms with Crippen molar-refractivity contribution in [2.24, 2.45) is 5.92 Å². The maximum absolute atomic E-state index is 13.5. The topological polar surface area (TPSA) is 57.3 Å². The number of hydrogen-bond acceptors (Lipinski definition) is 6. The van der Waals surface area contributed by atoms with Crippen molar-refractivity contribution >= 4 is 17.3 Å². The molecule has 3 heterocycles. The molecule has 2 fully saturated rings. The Morgan fingerprint density at radius 3 is 2.68 bits per heavy atom. The predicted molar refractivity (Wildman–Crippen MR) is 130 cm³/mol. The molecule has 182 valence electrons. The summed E-state index contributed by atoms with van der Waals surface area (Å²) in [6.45, 7) is 7.13. The number of rotatable bonds is 6. The first kappa shape index (κ1) is 22.9. The molecule has 0 unspecified atom stereocenters. The third-order valence-corrected chi connectivity index (χ3v) is 7.28. The average Bonchev–Trinajstić information content (AvgIpc) is 2.88. The van der Waals surface area contributed by atoms with Gasteiger partial charge in [-0.1, -0.05) is 6.07 Å². The van der Waals surface area contributed by atoms with Gasteiger partial charge in [-0.15, -0.1) is 0 Å². The standard InChI is InChI=1S/C26H33FN4O3/c1-33-22-7-2-19-16-23(26(32)28-8-9-29-12-14-34-15-13-29)25-18-30(10-11-31(25)24(19)17-22)21-5-3-20(27)4-6-21/h2-7,17,23,25H,8-16,18H2,1H3,(H,28,32)/t23-,25-/m1/s1. The van der Waals surface area contributed by atoms with Crippen molar-refractivity contribution in [1.82, 2.24) is 10.2 Å². The van der Waals surface area contributed by atoms with E-state index in [4.69, 9.17) is 9.47 Å². The highest BCUT2D eigenvalue weighted by atomic mass is 19.1. The van der Waals surface area contributed by atoms with Crippen LogP contribution in [0.25, 0.3) is 0 Å². The zero-order chi connectivity index (χ0) is 23.5. The smallest absolute Gasteiger partial charge is 0.225 e. The first-order chi connectivity index (χ1) is 16.6. The maximum Gasteiger partial charge on any atom is 0.225 e. The molecule has 2 aromatic carbocycles. The summed E-state index contributed by atoms with van der Waals surface area (Å²) in [5.41, 5.74) is 3.32. The summed E-state index contributed by atoms with van der Waals surface area (Å²) in [4.78, 5) is 20.4. The van der Waals surface area contributed by atoms with Crippen LogP contribution in [-0.2, 0) is 16.0 Å². The highest BCUT2D eigenvalue weighted by Gasteiger charge is 2.41. The van der Waals surface area contributed by atoms with Gasteiger partial charge in [-0.3, -0.25) is 9.69 Å². The van der Waals surface area contributed by atoms with Crippen molar-refractivity contribution in [2.75, 3.05) is 75.9 Å². The largest absolute Gasteiger partial charge is 0.497 e. The summed E-state index contributed by atoms with van der Waals surface area (Å²) in [6, 6.07) is 12.8. The Balaban J connectivity index is 1.34. The van der Waals surface area contributed by atoms with E-state index in [1.165, 1.54) is 17.7 Å². The summed E-state index contributed by atoms with van der Waals surface area (Å²) in [5.74, 6) is 0.532. The summed E-state index contributed by atoms with van der Waals surface area (Å²) >= 11 is 0. The van der Waals surface area contributed by atoms with E-state index in [1.807, 2.05) is 18.2 Å². The molecule has 3 aliphatic rings. The van der Waals surface area contributed by atoms with Crippen molar-refractivity contribution in [3.8, 4) is 5.75 Å². The molecule has 1 amide bonds. The van der Waals surface area contributed by atoms with Gasteiger partial charge in [0.2, 0.25) is 5.91 Å². The van der Waals surface area contributed by atoms with E-state index < -0.39 is 0 Å². The Bertz CT molecular complexity index is 996. The number of halogens is 1. The monoisotopic (exact) mass is 468 g/mol. The van der Waals surface area contributed by atoms with Gasteiger partial charge in [0, 0.05) is 63.3 Å². The van der Waals surface area contributed by atoms with Crippen LogP contribution in [0.3, 0.4) is 0 Å². The molecule has 0 saturated carbocycles. The lowest BCUT2D eigenvalue weighted by Gasteiger charge is -2.49. The third kappa shape index (κ3) is 4.83. The van der Waals surface area contributed by atoms with Crippen LogP contribution in [0.4, 0.5) is 15.8 Å². The number of amides is 1. The third-order valence-electron chi connectivity index (χ3n) is 7.28. The molecule has 2 aromatic rings. The highest BCUT2D eigenvalue weighted by Crippen LogP contribution is 2.39. The molecular weight excluding hydrogens is 435 g/mol. The van der Waals surface area contributed by atoms with E-state index in [0.29, 0.717) is 19.5 Å². The molecule has 3 aliphatic heterocycles. The van der Waals surface area contributed by atoms with Gasteiger partial charge in [0.15, 0.2) is 0 Å². The SMILES string of the molecule is COc1ccc2c(c1)N1CCN(c3ccc(F)cc3)C[C@@H]1[C@H](C(=O)NCCN1CCOCC1)C2. The Morgan fingerprint density at radius 1 is 1.12 bits per heavy atom. The van der Waals surface area contributed by atoms with Gasteiger partial charge in [-0.05, 0) is 42.3 Å². The Kier molecular flexibility index (Phi) is 6.87. The minimum atomic E-state index is -0.237. The number of fused-ring (bicyclic) bond motifs is 3. The zero-order valence-corrected chi connectivity index (χ0v) is 19.7. The predicted octanol–water partition coefficient (Wildman–Crippen LogP) is 2.15. The van der Waals surface area contributed by atoms with Crippen molar-refractivity contribution in [1.29, 1.82) is 0 Å². The Labute approximate surface area is 200 Å². The highest BCUT2D eigenvalue weighted by molar-refractivity contribution is 5.82. The summed E-state index contributed by atoms with van der Waals surface area (Å²) < 4.78 is 24.4. The second-order valence-corrected chi connectivity index (χ2v) is 9.23. The first-order valence-corrected chi connectivity index (χ1v) is 12.1. The molecule has 7 nitrogen and oxygen atoms in total. The lowest BCUT2D eigenvalue weighted by Crippen LogP contribution is -2.61. The van der Waals surface area contributed by atoms with E-state index in [0.717, 1.165) is 63.1 Å². The van der Waals surface area contributed by atoms with Gasteiger partial charge >= 0.3 is 0 Å². The normalized spacial score (nSPS) is 22.6. The van der Waals surface area contributed by atoms with Crippen molar-refractivity contribution in [3.63, 3.8) is 0 Å². The van der Waals surface area contributed by atoms with Crippen LogP contribution in [0.15, 0.2) is 42.5 Å².